The van der Waals surface area contributed by atoms with Gasteiger partial charge in [-0.1, -0.05) is 0 Å². The van der Waals surface area contributed by atoms with Crippen LogP contribution >= 0.6 is 0 Å². The monoisotopic (exact) mass is 316 g/mol. The van der Waals surface area contributed by atoms with Crippen LogP contribution < -0.4 is 5.32 Å². The maximum Gasteiger partial charge on any atom is 0.416 e. The van der Waals surface area contributed by atoms with Crippen molar-refractivity contribution in [2.45, 2.75) is 12.6 Å². The predicted molar refractivity (Wildman–Crippen MR) is 71.3 cm³/mol. The minimum Gasteiger partial charge on any atom is -0.448 e. The standard InChI is InChI=1S/C14H15F3N2O3/c15-14(16,17)11-4-2-10(3-5-11)12(20)18-6-1-7-19-8-9-22-13(19)21/h2-5H,1,6-9H2,(H,18,20). The molecule has 2 rings (SSSR count). The zero-order valence-electron chi connectivity index (χ0n) is 11.7. The van der Waals surface area contributed by atoms with Crippen molar-refractivity contribution >= 4 is 12.0 Å². The number of amides is 2. The Balaban J connectivity index is 1.76. The number of halogens is 3. The van der Waals surface area contributed by atoms with E-state index >= 15 is 0 Å². The smallest absolute Gasteiger partial charge is 0.416 e. The van der Waals surface area contributed by atoms with E-state index in [1.165, 1.54) is 4.90 Å². The zero-order chi connectivity index (χ0) is 16.2. The number of cyclic esters (lactones) is 1. The summed E-state index contributed by atoms with van der Waals surface area (Å²) in [5.74, 6) is -0.447. The molecule has 5 nitrogen and oxygen atoms in total. The maximum absolute atomic E-state index is 12.4. The van der Waals surface area contributed by atoms with Gasteiger partial charge in [0.15, 0.2) is 0 Å². The van der Waals surface area contributed by atoms with Gasteiger partial charge in [-0.15, -0.1) is 0 Å². The zero-order valence-corrected chi connectivity index (χ0v) is 11.7. The van der Waals surface area contributed by atoms with Crippen LogP contribution in [0, 0.1) is 0 Å². The summed E-state index contributed by atoms with van der Waals surface area (Å²) in [7, 11) is 0. The maximum atomic E-state index is 12.4. The molecule has 1 fully saturated rings. The van der Waals surface area contributed by atoms with Gasteiger partial charge in [-0.3, -0.25) is 4.79 Å². The van der Waals surface area contributed by atoms with Crippen molar-refractivity contribution in [1.82, 2.24) is 10.2 Å². The van der Waals surface area contributed by atoms with E-state index in [0.717, 1.165) is 24.3 Å². The van der Waals surface area contributed by atoms with Gasteiger partial charge in [0.25, 0.3) is 5.91 Å². The van der Waals surface area contributed by atoms with Crippen LogP contribution in [0.5, 0.6) is 0 Å². The lowest BCUT2D eigenvalue weighted by Gasteiger charge is -2.12. The van der Waals surface area contributed by atoms with Crippen LogP contribution in [0.25, 0.3) is 0 Å². The summed E-state index contributed by atoms with van der Waals surface area (Å²) in [6, 6.07) is 4.01. The normalized spacial score (nSPS) is 14.9. The summed E-state index contributed by atoms with van der Waals surface area (Å²) in [5, 5.41) is 2.60. The van der Waals surface area contributed by atoms with Crippen molar-refractivity contribution in [2.75, 3.05) is 26.2 Å². The van der Waals surface area contributed by atoms with Crippen LogP contribution in [0.3, 0.4) is 0 Å². The quantitative estimate of drug-likeness (QED) is 0.848. The molecule has 8 heteroatoms. The molecule has 120 valence electrons. The summed E-state index contributed by atoms with van der Waals surface area (Å²) in [5.41, 5.74) is -0.634. The summed E-state index contributed by atoms with van der Waals surface area (Å²) in [6.45, 7) is 1.69. The SMILES string of the molecule is O=C(NCCCN1CCOC1=O)c1ccc(C(F)(F)F)cc1. The van der Waals surface area contributed by atoms with Crippen molar-refractivity contribution in [3.8, 4) is 0 Å². The molecule has 22 heavy (non-hydrogen) atoms. The number of benzene rings is 1. The Morgan fingerprint density at radius 2 is 1.95 bits per heavy atom. The van der Waals surface area contributed by atoms with E-state index in [-0.39, 0.29) is 11.7 Å². The molecule has 0 bridgehead atoms. The van der Waals surface area contributed by atoms with Crippen LogP contribution in [0.1, 0.15) is 22.3 Å². The molecule has 2 amide bonds. The highest BCUT2D eigenvalue weighted by molar-refractivity contribution is 5.94. The lowest BCUT2D eigenvalue weighted by molar-refractivity contribution is -0.137. The van der Waals surface area contributed by atoms with Gasteiger partial charge in [0.05, 0.1) is 12.1 Å². The van der Waals surface area contributed by atoms with Crippen LogP contribution in [0.15, 0.2) is 24.3 Å². The fourth-order valence-electron chi connectivity index (χ4n) is 2.01. The average Bonchev–Trinajstić information content (AvgIpc) is 2.88. The van der Waals surface area contributed by atoms with Gasteiger partial charge in [-0.25, -0.2) is 4.79 Å². The fraction of sp³-hybridized carbons (Fsp3) is 0.429. The molecule has 0 aromatic heterocycles. The number of nitrogens with zero attached hydrogens (tertiary/aromatic N) is 1. The molecule has 1 heterocycles. The molecule has 0 atom stereocenters. The summed E-state index contributed by atoms with van der Waals surface area (Å²) in [4.78, 5) is 24.5. The minimum absolute atomic E-state index is 0.161. The summed E-state index contributed by atoms with van der Waals surface area (Å²) < 4.78 is 42.0. The number of nitrogens with one attached hydrogen (secondary N) is 1. The number of hydrogen-bond acceptors (Lipinski definition) is 3. The second kappa shape index (κ2) is 6.67. The van der Waals surface area contributed by atoms with E-state index in [9.17, 15) is 22.8 Å². The first kappa shape index (κ1) is 16.1. The lowest BCUT2D eigenvalue weighted by Crippen LogP contribution is -2.30. The molecule has 0 aliphatic carbocycles. The van der Waals surface area contributed by atoms with Crippen LogP contribution in [-0.4, -0.2) is 43.1 Å². The molecule has 1 aliphatic rings. The molecule has 1 aliphatic heterocycles. The Morgan fingerprint density at radius 1 is 1.27 bits per heavy atom. The molecular weight excluding hydrogens is 301 g/mol. The van der Waals surface area contributed by atoms with Gasteiger partial charge in [0.1, 0.15) is 6.61 Å². The van der Waals surface area contributed by atoms with E-state index < -0.39 is 17.6 Å². The Morgan fingerprint density at radius 3 is 2.50 bits per heavy atom. The highest BCUT2D eigenvalue weighted by Crippen LogP contribution is 2.29. The van der Waals surface area contributed by atoms with Crippen molar-refractivity contribution in [2.24, 2.45) is 0 Å². The second-order valence-corrected chi connectivity index (χ2v) is 4.79. The molecule has 1 aromatic rings. The number of ether oxygens (including phenoxy) is 1. The summed E-state index contributed by atoms with van der Waals surface area (Å²) >= 11 is 0. The third kappa shape index (κ3) is 4.12. The van der Waals surface area contributed by atoms with Crippen molar-refractivity contribution in [3.05, 3.63) is 35.4 Å². The second-order valence-electron chi connectivity index (χ2n) is 4.79. The fourth-order valence-corrected chi connectivity index (χ4v) is 2.01. The van der Waals surface area contributed by atoms with Gasteiger partial charge in [0, 0.05) is 18.7 Å². The number of rotatable bonds is 5. The number of alkyl halides is 3. The van der Waals surface area contributed by atoms with Crippen molar-refractivity contribution in [1.29, 1.82) is 0 Å². The number of carbonyl (C=O) groups is 2. The van der Waals surface area contributed by atoms with Crippen molar-refractivity contribution in [3.63, 3.8) is 0 Å². The Kier molecular flexibility index (Phi) is 4.89. The molecular formula is C14H15F3N2O3. The topological polar surface area (TPSA) is 58.6 Å². The third-order valence-electron chi connectivity index (χ3n) is 3.21. The third-order valence-corrected chi connectivity index (χ3v) is 3.21. The highest BCUT2D eigenvalue weighted by Gasteiger charge is 2.30. The summed E-state index contributed by atoms with van der Waals surface area (Å²) in [6.07, 6.45) is -4.24. The van der Waals surface area contributed by atoms with Crippen LogP contribution in [0.2, 0.25) is 0 Å². The first-order valence-electron chi connectivity index (χ1n) is 6.75. The number of carbonyl (C=O) groups excluding carboxylic acids is 2. The van der Waals surface area contributed by atoms with Gasteiger partial charge >= 0.3 is 12.3 Å². The largest absolute Gasteiger partial charge is 0.448 e. The van der Waals surface area contributed by atoms with E-state index in [1.54, 1.807) is 0 Å². The highest BCUT2D eigenvalue weighted by atomic mass is 19.4. The van der Waals surface area contributed by atoms with Gasteiger partial charge in [-0.05, 0) is 30.7 Å². The molecule has 0 unspecified atom stereocenters. The van der Waals surface area contributed by atoms with E-state index in [4.69, 9.17) is 4.74 Å². The minimum atomic E-state index is -4.42. The molecule has 0 spiro atoms. The van der Waals surface area contributed by atoms with Crippen molar-refractivity contribution < 1.29 is 27.5 Å². The molecule has 1 saturated heterocycles. The average molecular weight is 316 g/mol. The Bertz CT molecular complexity index is 543. The van der Waals surface area contributed by atoms with E-state index in [0.29, 0.717) is 32.7 Å². The first-order valence-corrected chi connectivity index (χ1v) is 6.75. The lowest BCUT2D eigenvalue weighted by atomic mass is 10.1. The Hall–Kier alpha value is -2.25. The number of hydrogen-bond donors (Lipinski definition) is 1. The first-order chi connectivity index (χ1) is 10.4. The van der Waals surface area contributed by atoms with Crippen LogP contribution in [-0.2, 0) is 10.9 Å². The molecule has 0 saturated carbocycles. The van der Waals surface area contributed by atoms with E-state index in [1.807, 2.05) is 0 Å². The van der Waals surface area contributed by atoms with Crippen LogP contribution in [0.4, 0.5) is 18.0 Å². The Labute approximate surface area is 125 Å². The van der Waals surface area contributed by atoms with Gasteiger partial charge < -0.3 is 15.0 Å². The molecule has 1 N–H and O–H groups in total. The molecule has 1 aromatic carbocycles. The van der Waals surface area contributed by atoms with Gasteiger partial charge in [0.2, 0.25) is 0 Å². The van der Waals surface area contributed by atoms with E-state index in [2.05, 4.69) is 5.32 Å². The molecule has 0 radical (unpaired) electrons. The predicted octanol–water partition coefficient (Wildman–Crippen LogP) is 2.28. The van der Waals surface area contributed by atoms with Gasteiger partial charge in [-0.2, -0.15) is 13.2 Å².